The third-order valence-electron chi connectivity index (χ3n) is 4.93. The van der Waals surface area contributed by atoms with Gasteiger partial charge in [0.25, 0.3) is 0 Å². The van der Waals surface area contributed by atoms with Crippen LogP contribution in [-0.4, -0.2) is 43.2 Å². The van der Waals surface area contributed by atoms with Gasteiger partial charge in [-0.2, -0.15) is 0 Å². The second-order valence-corrected chi connectivity index (χ2v) is 7.18. The van der Waals surface area contributed by atoms with E-state index in [1.165, 1.54) is 12.1 Å². The fraction of sp³-hybridized carbons (Fsp3) is 0.632. The van der Waals surface area contributed by atoms with Crippen LogP contribution in [0.15, 0.2) is 18.2 Å². The van der Waals surface area contributed by atoms with E-state index in [0.29, 0.717) is 18.7 Å². The number of likely N-dealkylation sites (tertiary alicyclic amines) is 1. The number of amides is 1. The number of rotatable bonds is 7. The molecule has 1 N–H and O–H groups in total. The first-order valence-electron chi connectivity index (χ1n) is 8.91. The van der Waals surface area contributed by atoms with E-state index in [0.717, 1.165) is 25.9 Å². The summed E-state index contributed by atoms with van der Waals surface area (Å²) in [7, 11) is 0. The SMILES string of the molecule is CCC(C)(C)C(=O)Nc1ccc(OC2CCN(CCF)CC2)cc1F. The summed E-state index contributed by atoms with van der Waals surface area (Å²) >= 11 is 0. The number of benzene rings is 1. The zero-order chi connectivity index (χ0) is 18.4. The Morgan fingerprint density at radius 3 is 2.60 bits per heavy atom. The first-order chi connectivity index (χ1) is 11.9. The van der Waals surface area contributed by atoms with E-state index in [2.05, 4.69) is 10.2 Å². The van der Waals surface area contributed by atoms with Crippen LogP contribution in [0.2, 0.25) is 0 Å². The zero-order valence-electron chi connectivity index (χ0n) is 15.3. The Hall–Kier alpha value is -1.69. The van der Waals surface area contributed by atoms with Gasteiger partial charge in [0, 0.05) is 31.1 Å². The molecule has 1 fully saturated rings. The number of alkyl halides is 1. The first kappa shape index (κ1) is 19.6. The number of ether oxygens (including phenoxy) is 1. The van der Waals surface area contributed by atoms with Gasteiger partial charge in [-0.15, -0.1) is 0 Å². The van der Waals surface area contributed by atoms with E-state index in [-0.39, 0.29) is 24.4 Å². The Kier molecular flexibility index (Phi) is 6.76. The molecule has 1 aromatic rings. The van der Waals surface area contributed by atoms with Crippen LogP contribution in [0.25, 0.3) is 0 Å². The summed E-state index contributed by atoms with van der Waals surface area (Å²) in [5.74, 6) is -0.260. The molecule has 25 heavy (non-hydrogen) atoms. The lowest BCUT2D eigenvalue weighted by Gasteiger charge is -2.31. The maximum absolute atomic E-state index is 14.3. The number of anilines is 1. The molecule has 1 heterocycles. The Morgan fingerprint density at radius 2 is 2.04 bits per heavy atom. The van der Waals surface area contributed by atoms with Crippen molar-refractivity contribution in [3.63, 3.8) is 0 Å². The van der Waals surface area contributed by atoms with Crippen molar-refractivity contribution in [1.82, 2.24) is 4.90 Å². The average Bonchev–Trinajstić information content (AvgIpc) is 2.59. The molecule has 1 aliphatic heterocycles. The van der Waals surface area contributed by atoms with E-state index in [1.54, 1.807) is 6.07 Å². The van der Waals surface area contributed by atoms with Crippen LogP contribution in [0, 0.1) is 11.2 Å². The van der Waals surface area contributed by atoms with E-state index in [1.807, 2.05) is 20.8 Å². The van der Waals surface area contributed by atoms with Crippen LogP contribution in [0.1, 0.15) is 40.0 Å². The molecule has 0 saturated carbocycles. The lowest BCUT2D eigenvalue weighted by molar-refractivity contribution is -0.124. The number of hydrogen-bond acceptors (Lipinski definition) is 3. The topological polar surface area (TPSA) is 41.6 Å². The van der Waals surface area contributed by atoms with Crippen molar-refractivity contribution in [3.8, 4) is 5.75 Å². The monoisotopic (exact) mass is 354 g/mol. The van der Waals surface area contributed by atoms with Gasteiger partial charge >= 0.3 is 0 Å². The summed E-state index contributed by atoms with van der Waals surface area (Å²) < 4.78 is 32.5. The molecule has 0 radical (unpaired) electrons. The summed E-state index contributed by atoms with van der Waals surface area (Å²) in [5.41, 5.74) is -0.383. The van der Waals surface area contributed by atoms with Crippen LogP contribution in [0.3, 0.4) is 0 Å². The normalized spacial score (nSPS) is 16.7. The molecule has 0 unspecified atom stereocenters. The number of carbonyl (C=O) groups is 1. The maximum atomic E-state index is 14.3. The van der Waals surface area contributed by atoms with Crippen molar-refractivity contribution in [2.75, 3.05) is 31.6 Å². The first-order valence-corrected chi connectivity index (χ1v) is 8.91. The molecule has 140 valence electrons. The van der Waals surface area contributed by atoms with Gasteiger partial charge < -0.3 is 15.0 Å². The number of hydrogen-bond donors (Lipinski definition) is 1. The molecule has 1 amide bonds. The lowest BCUT2D eigenvalue weighted by Crippen LogP contribution is -2.39. The highest BCUT2D eigenvalue weighted by Crippen LogP contribution is 2.27. The summed E-state index contributed by atoms with van der Waals surface area (Å²) in [5, 5.41) is 2.64. The van der Waals surface area contributed by atoms with Gasteiger partial charge in [0.2, 0.25) is 5.91 Å². The fourth-order valence-electron chi connectivity index (χ4n) is 2.69. The van der Waals surface area contributed by atoms with Crippen molar-refractivity contribution in [1.29, 1.82) is 0 Å². The van der Waals surface area contributed by atoms with Crippen LogP contribution < -0.4 is 10.1 Å². The van der Waals surface area contributed by atoms with Gasteiger partial charge in [-0.3, -0.25) is 4.79 Å². The van der Waals surface area contributed by atoms with Crippen molar-refractivity contribution in [2.24, 2.45) is 5.41 Å². The van der Waals surface area contributed by atoms with Crippen LogP contribution >= 0.6 is 0 Å². The quantitative estimate of drug-likeness (QED) is 0.804. The van der Waals surface area contributed by atoms with Crippen molar-refractivity contribution in [2.45, 2.75) is 46.1 Å². The molecular weight excluding hydrogens is 326 g/mol. The number of piperidine rings is 1. The standard InChI is InChI=1S/C19H28F2N2O2/c1-4-19(2,3)18(24)22-17-6-5-15(13-16(17)21)25-14-7-10-23(11-8-14)12-9-20/h5-6,13-14H,4,7-12H2,1-3H3,(H,22,24). The summed E-state index contributed by atoms with van der Waals surface area (Å²) in [6.45, 7) is 7.28. The highest BCUT2D eigenvalue weighted by atomic mass is 19.1. The molecule has 0 bridgehead atoms. The largest absolute Gasteiger partial charge is 0.490 e. The number of nitrogens with one attached hydrogen (secondary N) is 1. The summed E-state index contributed by atoms with van der Waals surface area (Å²) in [4.78, 5) is 14.2. The molecule has 0 aliphatic carbocycles. The molecule has 0 aromatic heterocycles. The molecule has 2 rings (SSSR count). The minimum Gasteiger partial charge on any atom is -0.490 e. The average molecular weight is 354 g/mol. The van der Waals surface area contributed by atoms with Crippen molar-refractivity contribution < 1.29 is 18.3 Å². The molecule has 1 saturated heterocycles. The lowest BCUT2D eigenvalue weighted by atomic mass is 9.89. The minimum absolute atomic E-state index is 0.00901. The van der Waals surface area contributed by atoms with E-state index in [4.69, 9.17) is 4.74 Å². The maximum Gasteiger partial charge on any atom is 0.230 e. The van der Waals surface area contributed by atoms with Gasteiger partial charge in [0.1, 0.15) is 24.3 Å². The second-order valence-electron chi connectivity index (χ2n) is 7.18. The summed E-state index contributed by atoms with van der Waals surface area (Å²) in [6.07, 6.45) is 2.27. The third-order valence-corrected chi connectivity index (χ3v) is 4.93. The Labute approximate surface area is 148 Å². The van der Waals surface area contributed by atoms with Gasteiger partial charge in [0.15, 0.2) is 0 Å². The molecule has 0 atom stereocenters. The van der Waals surface area contributed by atoms with Crippen molar-refractivity contribution in [3.05, 3.63) is 24.0 Å². The second kappa shape index (κ2) is 8.61. The smallest absolute Gasteiger partial charge is 0.230 e. The zero-order valence-corrected chi connectivity index (χ0v) is 15.3. The molecule has 1 aliphatic rings. The highest BCUT2D eigenvalue weighted by Gasteiger charge is 2.26. The minimum atomic E-state index is -0.546. The van der Waals surface area contributed by atoms with E-state index >= 15 is 0 Å². The van der Waals surface area contributed by atoms with Crippen LogP contribution in [-0.2, 0) is 4.79 Å². The van der Waals surface area contributed by atoms with Gasteiger partial charge in [-0.25, -0.2) is 8.78 Å². The molecule has 1 aromatic carbocycles. The highest BCUT2D eigenvalue weighted by molar-refractivity contribution is 5.94. The number of nitrogens with zero attached hydrogens (tertiary/aromatic N) is 1. The number of halogens is 2. The van der Waals surface area contributed by atoms with Crippen molar-refractivity contribution >= 4 is 11.6 Å². The van der Waals surface area contributed by atoms with Gasteiger partial charge in [-0.05, 0) is 31.4 Å². The number of carbonyl (C=O) groups excluding carboxylic acids is 1. The van der Waals surface area contributed by atoms with E-state index < -0.39 is 11.2 Å². The van der Waals surface area contributed by atoms with Crippen LogP contribution in [0.5, 0.6) is 5.75 Å². The summed E-state index contributed by atoms with van der Waals surface area (Å²) in [6, 6.07) is 4.51. The molecule has 0 spiro atoms. The van der Waals surface area contributed by atoms with Crippen LogP contribution in [0.4, 0.5) is 14.5 Å². The molecule has 6 heteroatoms. The predicted molar refractivity (Wildman–Crippen MR) is 95.2 cm³/mol. The Balaban J connectivity index is 1.92. The predicted octanol–water partition coefficient (Wildman–Crippen LogP) is 4.01. The Bertz CT molecular complexity index is 585. The van der Waals surface area contributed by atoms with E-state index in [9.17, 15) is 13.6 Å². The molecular formula is C19H28F2N2O2. The van der Waals surface area contributed by atoms with Gasteiger partial charge in [0.05, 0.1) is 5.69 Å². The fourth-order valence-corrected chi connectivity index (χ4v) is 2.69. The third kappa shape index (κ3) is 5.39. The van der Waals surface area contributed by atoms with Gasteiger partial charge in [-0.1, -0.05) is 20.8 Å². The molecule has 4 nitrogen and oxygen atoms in total. The Morgan fingerprint density at radius 1 is 1.36 bits per heavy atom.